The number of aromatic nitrogens is 5. The fraction of sp³-hybridized carbons (Fsp3) is 0.333. The molecule has 8 nitrogen and oxygen atoms in total. The molecule has 2 heterocycles. The zero-order chi connectivity index (χ0) is 18.4. The minimum atomic E-state index is -0.263. The Kier molecular flexibility index (Phi) is 5.62. The third-order valence-corrected chi connectivity index (χ3v) is 4.01. The standard InChI is InChI=1S/C18H23N7O/c1-14(2)25-11-16(10-20-25)22-18(26)23-17(15-6-4-3-5-7-15)8-9-24-13-19-12-21-24/h3-7,10-14,17H,8-9H2,1-2H3,(H2,22,23,26)/t17-/m0/s1. The smallest absolute Gasteiger partial charge is 0.319 e. The number of rotatable bonds is 7. The molecule has 1 atom stereocenters. The molecule has 0 saturated carbocycles. The number of nitrogens with zero attached hydrogens (tertiary/aromatic N) is 5. The number of hydrogen-bond donors (Lipinski definition) is 2. The van der Waals surface area contributed by atoms with E-state index in [4.69, 9.17) is 0 Å². The molecule has 1 aromatic carbocycles. The van der Waals surface area contributed by atoms with Gasteiger partial charge in [-0.2, -0.15) is 10.2 Å². The number of hydrogen-bond acceptors (Lipinski definition) is 4. The fourth-order valence-corrected chi connectivity index (χ4v) is 2.63. The first-order valence-corrected chi connectivity index (χ1v) is 8.61. The topological polar surface area (TPSA) is 89.7 Å². The molecule has 2 N–H and O–H groups in total. The summed E-state index contributed by atoms with van der Waals surface area (Å²) in [6.45, 7) is 4.73. The third-order valence-electron chi connectivity index (χ3n) is 4.01. The van der Waals surface area contributed by atoms with Crippen LogP contribution in [0.25, 0.3) is 0 Å². The Morgan fingerprint density at radius 1 is 1.19 bits per heavy atom. The van der Waals surface area contributed by atoms with Gasteiger partial charge >= 0.3 is 6.03 Å². The van der Waals surface area contributed by atoms with Crippen molar-refractivity contribution in [3.8, 4) is 0 Å². The van der Waals surface area contributed by atoms with Gasteiger partial charge in [-0.05, 0) is 25.8 Å². The second-order valence-electron chi connectivity index (χ2n) is 6.31. The molecule has 136 valence electrons. The molecule has 0 fully saturated rings. The van der Waals surface area contributed by atoms with E-state index in [1.165, 1.54) is 6.33 Å². The summed E-state index contributed by atoms with van der Waals surface area (Å²) in [7, 11) is 0. The molecule has 26 heavy (non-hydrogen) atoms. The number of nitrogens with one attached hydrogen (secondary N) is 2. The van der Waals surface area contributed by atoms with Gasteiger partial charge in [-0.15, -0.1) is 0 Å². The van der Waals surface area contributed by atoms with Crippen molar-refractivity contribution in [1.29, 1.82) is 0 Å². The molecule has 8 heteroatoms. The fourth-order valence-electron chi connectivity index (χ4n) is 2.63. The molecule has 0 spiro atoms. The number of urea groups is 1. The van der Waals surface area contributed by atoms with Gasteiger partial charge in [0.2, 0.25) is 0 Å². The summed E-state index contributed by atoms with van der Waals surface area (Å²) in [6.07, 6.45) is 7.34. The number of aryl methyl sites for hydroxylation is 1. The molecule has 0 saturated heterocycles. The van der Waals surface area contributed by atoms with E-state index in [0.29, 0.717) is 18.7 Å². The Morgan fingerprint density at radius 3 is 2.65 bits per heavy atom. The van der Waals surface area contributed by atoms with Gasteiger partial charge in [0.05, 0.1) is 17.9 Å². The molecule has 0 aliphatic rings. The van der Waals surface area contributed by atoms with Gasteiger partial charge < -0.3 is 10.6 Å². The molecule has 0 radical (unpaired) electrons. The van der Waals surface area contributed by atoms with Crippen LogP contribution in [0.3, 0.4) is 0 Å². The predicted molar refractivity (Wildman–Crippen MR) is 98.6 cm³/mol. The van der Waals surface area contributed by atoms with Crippen LogP contribution in [-0.2, 0) is 6.54 Å². The summed E-state index contributed by atoms with van der Waals surface area (Å²) in [5.41, 5.74) is 1.71. The van der Waals surface area contributed by atoms with Crippen LogP contribution in [0.15, 0.2) is 55.4 Å². The van der Waals surface area contributed by atoms with E-state index in [1.807, 2.05) is 50.4 Å². The summed E-state index contributed by atoms with van der Waals surface area (Å²) >= 11 is 0. The molecule has 2 aromatic heterocycles. The van der Waals surface area contributed by atoms with E-state index < -0.39 is 0 Å². The predicted octanol–water partition coefficient (Wildman–Crippen LogP) is 3.01. The van der Waals surface area contributed by atoms with Gasteiger partial charge in [-0.3, -0.25) is 9.36 Å². The Balaban J connectivity index is 1.64. The maximum Gasteiger partial charge on any atom is 0.319 e. The van der Waals surface area contributed by atoms with Crippen LogP contribution in [0.2, 0.25) is 0 Å². The molecule has 3 aromatic rings. The van der Waals surface area contributed by atoms with Crippen molar-refractivity contribution >= 4 is 11.7 Å². The monoisotopic (exact) mass is 353 g/mol. The van der Waals surface area contributed by atoms with E-state index in [0.717, 1.165) is 5.56 Å². The van der Waals surface area contributed by atoms with Crippen molar-refractivity contribution in [1.82, 2.24) is 29.9 Å². The quantitative estimate of drug-likeness (QED) is 0.683. The van der Waals surface area contributed by atoms with Gasteiger partial charge in [0.15, 0.2) is 0 Å². The van der Waals surface area contributed by atoms with Gasteiger partial charge in [0, 0.05) is 18.8 Å². The maximum atomic E-state index is 12.4. The Morgan fingerprint density at radius 2 is 2.00 bits per heavy atom. The minimum absolute atomic E-state index is 0.138. The number of benzene rings is 1. The van der Waals surface area contributed by atoms with Crippen LogP contribution in [-0.4, -0.2) is 30.6 Å². The first kappa shape index (κ1) is 17.7. The lowest BCUT2D eigenvalue weighted by Gasteiger charge is -2.19. The molecule has 0 aliphatic heterocycles. The first-order valence-electron chi connectivity index (χ1n) is 8.61. The number of carbonyl (C=O) groups is 1. The summed E-state index contributed by atoms with van der Waals surface area (Å²) in [5.74, 6) is 0. The van der Waals surface area contributed by atoms with Crippen molar-refractivity contribution in [2.24, 2.45) is 0 Å². The molecular formula is C18H23N7O. The van der Waals surface area contributed by atoms with Crippen molar-refractivity contribution in [2.75, 3.05) is 5.32 Å². The molecule has 3 rings (SSSR count). The van der Waals surface area contributed by atoms with Crippen LogP contribution in [0, 0.1) is 0 Å². The van der Waals surface area contributed by atoms with E-state index in [2.05, 4.69) is 25.8 Å². The molecule has 2 amide bonds. The van der Waals surface area contributed by atoms with Crippen molar-refractivity contribution < 1.29 is 4.79 Å². The van der Waals surface area contributed by atoms with E-state index in [-0.39, 0.29) is 18.1 Å². The highest BCUT2D eigenvalue weighted by Gasteiger charge is 2.15. The minimum Gasteiger partial charge on any atom is -0.331 e. The summed E-state index contributed by atoms with van der Waals surface area (Å²) < 4.78 is 3.55. The zero-order valence-electron chi connectivity index (χ0n) is 14.9. The van der Waals surface area contributed by atoms with E-state index in [1.54, 1.807) is 21.9 Å². The van der Waals surface area contributed by atoms with E-state index >= 15 is 0 Å². The first-order chi connectivity index (χ1) is 12.6. The molecule has 0 unspecified atom stereocenters. The second-order valence-corrected chi connectivity index (χ2v) is 6.31. The van der Waals surface area contributed by atoms with Crippen LogP contribution >= 0.6 is 0 Å². The number of anilines is 1. The summed E-state index contributed by atoms with van der Waals surface area (Å²) in [6, 6.07) is 9.73. The largest absolute Gasteiger partial charge is 0.331 e. The number of amides is 2. The summed E-state index contributed by atoms with van der Waals surface area (Å²) in [4.78, 5) is 16.4. The Hall–Kier alpha value is -3.16. The average Bonchev–Trinajstić information content (AvgIpc) is 3.31. The van der Waals surface area contributed by atoms with Crippen LogP contribution in [0.5, 0.6) is 0 Å². The lowest BCUT2D eigenvalue weighted by Crippen LogP contribution is -2.33. The maximum absolute atomic E-state index is 12.4. The Bertz CT molecular complexity index is 811. The van der Waals surface area contributed by atoms with Gasteiger partial charge in [-0.1, -0.05) is 30.3 Å². The highest BCUT2D eigenvalue weighted by atomic mass is 16.2. The Labute approximate surface area is 152 Å². The normalized spacial score (nSPS) is 12.1. The second kappa shape index (κ2) is 8.28. The lowest BCUT2D eigenvalue weighted by atomic mass is 10.0. The highest BCUT2D eigenvalue weighted by Crippen LogP contribution is 2.18. The average molecular weight is 353 g/mol. The highest BCUT2D eigenvalue weighted by molar-refractivity contribution is 5.89. The van der Waals surface area contributed by atoms with Gasteiger partial charge in [-0.25, -0.2) is 9.78 Å². The lowest BCUT2D eigenvalue weighted by molar-refractivity contribution is 0.247. The molecular weight excluding hydrogens is 330 g/mol. The van der Waals surface area contributed by atoms with Crippen LogP contribution < -0.4 is 10.6 Å². The van der Waals surface area contributed by atoms with Crippen molar-refractivity contribution in [3.63, 3.8) is 0 Å². The zero-order valence-corrected chi connectivity index (χ0v) is 14.9. The number of carbonyl (C=O) groups excluding carboxylic acids is 1. The van der Waals surface area contributed by atoms with Crippen molar-refractivity contribution in [2.45, 2.75) is 38.9 Å². The molecule has 0 aliphatic carbocycles. The van der Waals surface area contributed by atoms with Crippen LogP contribution in [0.4, 0.5) is 10.5 Å². The summed E-state index contributed by atoms with van der Waals surface area (Å²) in [5, 5.41) is 14.2. The molecule has 0 bridgehead atoms. The van der Waals surface area contributed by atoms with Crippen LogP contribution in [0.1, 0.15) is 37.9 Å². The van der Waals surface area contributed by atoms with E-state index in [9.17, 15) is 4.79 Å². The third kappa shape index (κ3) is 4.69. The van der Waals surface area contributed by atoms with Gasteiger partial charge in [0.25, 0.3) is 0 Å². The van der Waals surface area contributed by atoms with Gasteiger partial charge in [0.1, 0.15) is 12.7 Å². The van der Waals surface area contributed by atoms with Crippen molar-refractivity contribution in [3.05, 3.63) is 60.9 Å². The SMILES string of the molecule is CC(C)n1cc(NC(=O)N[C@@H](CCn2cncn2)c2ccccc2)cn1.